The summed E-state index contributed by atoms with van der Waals surface area (Å²) in [4.78, 5) is 40.8. The molecule has 0 radical (unpaired) electrons. The van der Waals surface area contributed by atoms with E-state index in [-0.39, 0.29) is 5.69 Å². The van der Waals surface area contributed by atoms with Gasteiger partial charge in [-0.3, -0.25) is 9.59 Å². The Morgan fingerprint density at radius 1 is 0.853 bits per heavy atom. The Labute approximate surface area is 195 Å². The fraction of sp³-hybridized carbons (Fsp3) is 0.200. The number of carbonyl (C=O) groups is 2. The summed E-state index contributed by atoms with van der Waals surface area (Å²) in [6, 6.07) is 14.3. The summed E-state index contributed by atoms with van der Waals surface area (Å²) in [5, 5.41) is 0. The number of carbonyl (C=O) groups excluding carboxylic acids is 2. The van der Waals surface area contributed by atoms with Gasteiger partial charge in [0, 0.05) is 38.6 Å². The zero-order valence-corrected chi connectivity index (χ0v) is 18.5. The number of anilines is 2. The van der Waals surface area contributed by atoms with Crippen molar-refractivity contribution in [3.05, 3.63) is 84.1 Å². The van der Waals surface area contributed by atoms with Crippen LogP contribution in [0.1, 0.15) is 5.56 Å². The number of methoxy groups -OCH3 is 1. The molecule has 0 aliphatic carbocycles. The van der Waals surface area contributed by atoms with E-state index in [9.17, 15) is 14.0 Å². The van der Waals surface area contributed by atoms with Gasteiger partial charge in [0.2, 0.25) is 5.95 Å². The Bertz CT molecular complexity index is 1260. The first-order valence-electron chi connectivity index (χ1n) is 10.9. The molecule has 172 valence electrons. The average Bonchev–Trinajstić information content (AvgIpc) is 3.14. The van der Waals surface area contributed by atoms with Crippen LogP contribution in [0.4, 0.5) is 16.0 Å². The highest BCUT2D eigenvalue weighted by atomic mass is 19.1. The number of rotatable bonds is 5. The minimum atomic E-state index is -0.519. The molecular formula is C25H22FN5O3. The van der Waals surface area contributed by atoms with Crippen molar-refractivity contribution in [1.82, 2.24) is 14.9 Å². The van der Waals surface area contributed by atoms with Crippen LogP contribution >= 0.6 is 0 Å². The number of halogens is 1. The summed E-state index contributed by atoms with van der Waals surface area (Å²) in [6.07, 6.45) is 3.38. The third-order valence-electron chi connectivity index (χ3n) is 5.94. The van der Waals surface area contributed by atoms with Gasteiger partial charge < -0.3 is 14.5 Å². The normalized spacial score (nSPS) is 16.5. The highest BCUT2D eigenvalue weighted by Crippen LogP contribution is 2.36. The summed E-state index contributed by atoms with van der Waals surface area (Å²) in [6.45, 7) is 2.18. The number of hydrogen-bond acceptors (Lipinski definition) is 7. The van der Waals surface area contributed by atoms with Gasteiger partial charge in [-0.1, -0.05) is 18.2 Å². The predicted octanol–water partition coefficient (Wildman–Crippen LogP) is 2.73. The molecule has 8 nitrogen and oxygen atoms in total. The van der Waals surface area contributed by atoms with E-state index in [0.717, 1.165) is 4.90 Å². The van der Waals surface area contributed by atoms with Gasteiger partial charge in [0.15, 0.2) is 0 Å². The molecule has 5 rings (SSSR count). The fourth-order valence-corrected chi connectivity index (χ4v) is 4.26. The van der Waals surface area contributed by atoms with E-state index >= 15 is 0 Å². The number of benzene rings is 2. The minimum Gasteiger partial charge on any atom is -0.497 e. The van der Waals surface area contributed by atoms with Crippen LogP contribution in [0, 0.1) is 5.82 Å². The van der Waals surface area contributed by atoms with Gasteiger partial charge in [0.1, 0.15) is 17.3 Å². The molecule has 3 heterocycles. The van der Waals surface area contributed by atoms with Crippen molar-refractivity contribution < 1.29 is 18.7 Å². The quantitative estimate of drug-likeness (QED) is 0.543. The van der Waals surface area contributed by atoms with Crippen molar-refractivity contribution in [1.29, 1.82) is 0 Å². The molecule has 0 spiro atoms. The zero-order valence-electron chi connectivity index (χ0n) is 18.5. The van der Waals surface area contributed by atoms with Crippen LogP contribution in [-0.4, -0.2) is 60.0 Å². The second-order valence-corrected chi connectivity index (χ2v) is 7.90. The second-order valence-electron chi connectivity index (χ2n) is 7.90. The third kappa shape index (κ3) is 3.85. The number of amides is 2. The number of nitrogens with zero attached hydrogens (tertiary/aromatic N) is 5. The maximum absolute atomic E-state index is 13.9. The van der Waals surface area contributed by atoms with Crippen LogP contribution in [0.15, 0.2) is 72.7 Å². The molecule has 34 heavy (non-hydrogen) atoms. The maximum atomic E-state index is 13.9. The van der Waals surface area contributed by atoms with Gasteiger partial charge in [-0.2, -0.15) is 0 Å². The first-order valence-corrected chi connectivity index (χ1v) is 10.9. The monoisotopic (exact) mass is 459 g/mol. The lowest BCUT2D eigenvalue weighted by atomic mass is 10.0. The van der Waals surface area contributed by atoms with Crippen LogP contribution in [0.3, 0.4) is 0 Å². The lowest BCUT2D eigenvalue weighted by Crippen LogP contribution is -2.48. The molecule has 3 aromatic rings. The Hall–Kier alpha value is -4.27. The number of aromatic nitrogens is 2. The number of ether oxygens (including phenoxy) is 1. The van der Waals surface area contributed by atoms with Crippen LogP contribution in [0.25, 0.3) is 5.57 Å². The van der Waals surface area contributed by atoms with E-state index in [2.05, 4.69) is 9.97 Å². The number of hydrogen-bond donors (Lipinski definition) is 0. The molecule has 2 amide bonds. The van der Waals surface area contributed by atoms with Crippen LogP contribution in [0.5, 0.6) is 5.75 Å². The predicted molar refractivity (Wildman–Crippen MR) is 125 cm³/mol. The Kier molecular flexibility index (Phi) is 5.67. The molecule has 1 aromatic heterocycles. The van der Waals surface area contributed by atoms with E-state index < -0.39 is 17.6 Å². The lowest BCUT2D eigenvalue weighted by Gasteiger charge is -2.36. The second kappa shape index (κ2) is 8.93. The molecule has 2 aliphatic heterocycles. The fourth-order valence-electron chi connectivity index (χ4n) is 4.26. The molecule has 0 unspecified atom stereocenters. The average molecular weight is 459 g/mol. The van der Waals surface area contributed by atoms with Gasteiger partial charge in [-0.15, -0.1) is 0 Å². The van der Waals surface area contributed by atoms with Gasteiger partial charge in [0.25, 0.3) is 11.8 Å². The SMILES string of the molecule is COc1ccc(C2=C(N3CCN(c4ncccn4)CC3)C(=O)N(c3cccc(F)c3)C2=O)cc1. The number of imide groups is 1. The third-order valence-corrected chi connectivity index (χ3v) is 5.94. The summed E-state index contributed by atoms with van der Waals surface area (Å²) in [7, 11) is 1.56. The molecule has 1 fully saturated rings. The van der Waals surface area contributed by atoms with E-state index in [1.807, 2.05) is 9.80 Å². The Morgan fingerprint density at radius 2 is 1.53 bits per heavy atom. The summed E-state index contributed by atoms with van der Waals surface area (Å²) < 4.78 is 19.2. The highest BCUT2D eigenvalue weighted by Gasteiger charge is 2.43. The lowest BCUT2D eigenvalue weighted by molar-refractivity contribution is -0.120. The summed E-state index contributed by atoms with van der Waals surface area (Å²) >= 11 is 0. The van der Waals surface area contributed by atoms with Crippen molar-refractivity contribution in [2.75, 3.05) is 43.1 Å². The number of piperazine rings is 1. The minimum absolute atomic E-state index is 0.201. The van der Waals surface area contributed by atoms with Gasteiger partial charge >= 0.3 is 0 Å². The standard InChI is InChI=1S/C25H22FN5O3/c1-34-20-8-6-17(7-9-20)21-22(24(33)31(23(21)32)19-5-2-4-18(26)16-19)29-12-14-30(15-13-29)25-27-10-3-11-28-25/h2-11,16H,12-15H2,1H3. The van der Waals surface area contributed by atoms with Crippen molar-refractivity contribution in [3.63, 3.8) is 0 Å². The molecule has 0 atom stereocenters. The van der Waals surface area contributed by atoms with E-state index in [1.165, 1.54) is 18.2 Å². The van der Waals surface area contributed by atoms with Crippen molar-refractivity contribution in [2.45, 2.75) is 0 Å². The van der Waals surface area contributed by atoms with Gasteiger partial charge in [-0.25, -0.2) is 19.3 Å². The molecule has 0 saturated carbocycles. The zero-order chi connectivity index (χ0) is 23.7. The topological polar surface area (TPSA) is 78.9 Å². The summed E-state index contributed by atoms with van der Waals surface area (Å²) in [5.41, 5.74) is 1.41. The van der Waals surface area contributed by atoms with Crippen LogP contribution < -0.4 is 14.5 Å². The van der Waals surface area contributed by atoms with E-state index in [4.69, 9.17) is 4.74 Å². The first kappa shape index (κ1) is 21.6. The van der Waals surface area contributed by atoms with Crippen molar-refractivity contribution in [3.8, 4) is 5.75 Å². The van der Waals surface area contributed by atoms with Crippen LogP contribution in [0.2, 0.25) is 0 Å². The van der Waals surface area contributed by atoms with Gasteiger partial charge in [-0.05, 0) is 42.0 Å². The molecular weight excluding hydrogens is 437 g/mol. The van der Waals surface area contributed by atoms with Crippen molar-refractivity contribution >= 4 is 29.0 Å². The largest absolute Gasteiger partial charge is 0.497 e. The molecule has 2 aliphatic rings. The highest BCUT2D eigenvalue weighted by molar-refractivity contribution is 6.45. The van der Waals surface area contributed by atoms with E-state index in [1.54, 1.807) is 55.9 Å². The molecule has 1 saturated heterocycles. The van der Waals surface area contributed by atoms with Gasteiger partial charge in [0.05, 0.1) is 18.4 Å². The summed E-state index contributed by atoms with van der Waals surface area (Å²) in [5.74, 6) is -0.202. The Morgan fingerprint density at radius 3 is 2.18 bits per heavy atom. The van der Waals surface area contributed by atoms with Crippen LogP contribution in [-0.2, 0) is 9.59 Å². The smallest absolute Gasteiger partial charge is 0.282 e. The molecule has 9 heteroatoms. The molecule has 0 N–H and O–H groups in total. The maximum Gasteiger partial charge on any atom is 0.282 e. The Balaban J connectivity index is 1.51. The van der Waals surface area contributed by atoms with E-state index in [0.29, 0.717) is 54.7 Å². The first-order chi connectivity index (χ1) is 16.6. The van der Waals surface area contributed by atoms with Crippen molar-refractivity contribution in [2.24, 2.45) is 0 Å². The molecule has 2 aromatic carbocycles. The molecule has 0 bridgehead atoms.